The molecule has 0 saturated heterocycles. The maximum absolute atomic E-state index is 13.7. The molecule has 0 saturated carbocycles. The van der Waals surface area contributed by atoms with Crippen molar-refractivity contribution >= 4 is 11.6 Å². The second kappa shape index (κ2) is 9.31. The molecule has 0 aliphatic heterocycles. The lowest BCUT2D eigenvalue weighted by molar-refractivity contribution is 0.0873. The van der Waals surface area contributed by atoms with Gasteiger partial charge in [0.2, 0.25) is 0 Å². The summed E-state index contributed by atoms with van der Waals surface area (Å²) < 4.78 is 7.61. The predicted molar refractivity (Wildman–Crippen MR) is 124 cm³/mol. The molecule has 0 unspecified atom stereocenters. The lowest BCUT2D eigenvalue weighted by Crippen LogP contribution is -2.38. The second-order valence-electron chi connectivity index (χ2n) is 8.09. The normalized spacial score (nSPS) is 12.1. The van der Waals surface area contributed by atoms with Gasteiger partial charge in [-0.15, -0.1) is 0 Å². The molecular formula is C26H30N2O3. The summed E-state index contributed by atoms with van der Waals surface area (Å²) in [5.41, 5.74) is 5.14. The van der Waals surface area contributed by atoms with Gasteiger partial charge in [-0.3, -0.25) is 14.5 Å². The lowest BCUT2D eigenvalue weighted by Gasteiger charge is -2.24. The van der Waals surface area contributed by atoms with Crippen LogP contribution in [0.25, 0.3) is 5.69 Å². The van der Waals surface area contributed by atoms with E-state index >= 15 is 0 Å². The summed E-state index contributed by atoms with van der Waals surface area (Å²) in [7, 11) is 5.41. The van der Waals surface area contributed by atoms with Crippen molar-refractivity contribution in [1.29, 1.82) is 0 Å². The highest BCUT2D eigenvalue weighted by Gasteiger charge is 2.27. The molecule has 5 heteroatoms. The first-order chi connectivity index (χ1) is 14.7. The summed E-state index contributed by atoms with van der Waals surface area (Å²) in [4.78, 5) is 27.5. The van der Waals surface area contributed by atoms with E-state index in [0.29, 0.717) is 23.3 Å². The van der Waals surface area contributed by atoms with Gasteiger partial charge in [0.25, 0.3) is 0 Å². The Morgan fingerprint density at radius 3 is 2.29 bits per heavy atom. The molecule has 1 heterocycles. The fourth-order valence-corrected chi connectivity index (χ4v) is 4.04. The molecule has 3 aromatic rings. The molecule has 0 radical (unpaired) electrons. The summed E-state index contributed by atoms with van der Waals surface area (Å²) in [6, 6.07) is 17.0. The first-order valence-electron chi connectivity index (χ1n) is 10.4. The smallest absolute Gasteiger partial charge is 0.182 e. The quantitative estimate of drug-likeness (QED) is 0.499. The fraction of sp³-hybridized carbons (Fsp3) is 0.308. The number of para-hydroxylation sites is 1. The van der Waals surface area contributed by atoms with Crippen LogP contribution >= 0.6 is 0 Å². The molecule has 0 bridgehead atoms. The third kappa shape index (κ3) is 4.62. The molecule has 1 aromatic heterocycles. The third-order valence-corrected chi connectivity index (χ3v) is 5.74. The number of ether oxygens (including phenoxy) is 1. The van der Waals surface area contributed by atoms with E-state index in [1.807, 2.05) is 75.3 Å². The lowest BCUT2D eigenvalue weighted by atomic mass is 9.94. The van der Waals surface area contributed by atoms with E-state index < -0.39 is 0 Å². The van der Waals surface area contributed by atoms with Crippen molar-refractivity contribution in [3.05, 3.63) is 82.7 Å². The van der Waals surface area contributed by atoms with Crippen molar-refractivity contribution in [3.8, 4) is 11.4 Å². The number of methoxy groups -OCH3 is 1. The van der Waals surface area contributed by atoms with E-state index in [1.54, 1.807) is 26.2 Å². The zero-order valence-corrected chi connectivity index (χ0v) is 19.1. The molecule has 31 heavy (non-hydrogen) atoms. The molecule has 2 aromatic carbocycles. The maximum atomic E-state index is 13.7. The van der Waals surface area contributed by atoms with Crippen molar-refractivity contribution in [3.63, 3.8) is 0 Å². The Morgan fingerprint density at radius 1 is 1.03 bits per heavy atom. The summed E-state index contributed by atoms with van der Waals surface area (Å²) in [6.45, 7) is 5.54. The first-order valence-corrected chi connectivity index (χ1v) is 10.4. The molecule has 0 aliphatic rings. The summed E-state index contributed by atoms with van der Waals surface area (Å²) in [6.07, 6.45) is 0.450. The fourth-order valence-electron chi connectivity index (χ4n) is 4.04. The number of hydrogen-bond acceptors (Lipinski definition) is 4. The van der Waals surface area contributed by atoms with Gasteiger partial charge < -0.3 is 9.30 Å². The van der Waals surface area contributed by atoms with Crippen molar-refractivity contribution < 1.29 is 14.3 Å². The summed E-state index contributed by atoms with van der Waals surface area (Å²) >= 11 is 0. The molecule has 3 rings (SSSR count). The van der Waals surface area contributed by atoms with Crippen LogP contribution in [0.3, 0.4) is 0 Å². The van der Waals surface area contributed by atoms with Gasteiger partial charge in [-0.05, 0) is 83.2 Å². The number of rotatable bonds is 8. The number of carbonyl (C=O) groups excluding carboxylic acids is 2. The topological polar surface area (TPSA) is 51.5 Å². The van der Waals surface area contributed by atoms with Gasteiger partial charge in [-0.1, -0.05) is 18.2 Å². The number of nitrogens with zero attached hydrogens (tertiary/aromatic N) is 2. The van der Waals surface area contributed by atoms with Crippen LogP contribution in [0, 0.1) is 13.8 Å². The predicted octanol–water partition coefficient (Wildman–Crippen LogP) is 4.66. The Bertz CT molecular complexity index is 1100. The molecule has 0 amide bonds. The first kappa shape index (κ1) is 22.5. The summed E-state index contributed by atoms with van der Waals surface area (Å²) in [5.74, 6) is 0.720. The van der Waals surface area contributed by atoms with Crippen LogP contribution in [0.5, 0.6) is 5.75 Å². The average molecular weight is 419 g/mol. The summed E-state index contributed by atoms with van der Waals surface area (Å²) in [5, 5.41) is 0. The Morgan fingerprint density at radius 2 is 1.71 bits per heavy atom. The number of Topliss-reactive ketones (excluding diaryl/α,β-unsaturated/α-hetero) is 2. The van der Waals surface area contributed by atoms with Crippen LogP contribution < -0.4 is 4.74 Å². The van der Waals surface area contributed by atoms with E-state index in [-0.39, 0.29) is 17.6 Å². The monoisotopic (exact) mass is 418 g/mol. The number of benzene rings is 2. The van der Waals surface area contributed by atoms with Crippen LogP contribution in [-0.2, 0) is 6.42 Å². The van der Waals surface area contributed by atoms with Crippen molar-refractivity contribution in [1.82, 2.24) is 9.47 Å². The Labute approximate surface area is 184 Å². The standard InChI is InChI=1S/C26H30N2O3/c1-17-14-23(18(2)28(17)22-10-8-7-9-11-22)26(30)24(27(4)5)16-21-15-20(19(3)29)12-13-25(21)31-6/h7-15,24H,16H2,1-6H3/t24-/m0/s1. The van der Waals surface area contributed by atoms with Gasteiger partial charge in [0, 0.05) is 28.2 Å². The van der Waals surface area contributed by atoms with Crippen LogP contribution in [0.15, 0.2) is 54.6 Å². The van der Waals surface area contributed by atoms with E-state index in [1.165, 1.54) is 0 Å². The number of likely N-dealkylation sites (N-methyl/N-ethyl adjacent to an activating group) is 1. The SMILES string of the molecule is COc1ccc(C(C)=O)cc1C[C@@H](C(=O)c1cc(C)n(-c2ccccc2)c1C)N(C)C. The van der Waals surface area contributed by atoms with Gasteiger partial charge >= 0.3 is 0 Å². The van der Waals surface area contributed by atoms with Gasteiger partial charge in [-0.2, -0.15) is 0 Å². The number of ketones is 2. The second-order valence-corrected chi connectivity index (χ2v) is 8.09. The minimum atomic E-state index is -0.388. The Balaban J connectivity index is 2.00. The molecule has 0 spiro atoms. The van der Waals surface area contributed by atoms with Crippen LogP contribution in [0.4, 0.5) is 0 Å². The molecule has 0 fully saturated rings. The Kier molecular flexibility index (Phi) is 6.76. The van der Waals surface area contributed by atoms with Crippen molar-refractivity contribution in [2.75, 3.05) is 21.2 Å². The third-order valence-electron chi connectivity index (χ3n) is 5.74. The molecule has 5 nitrogen and oxygen atoms in total. The zero-order chi connectivity index (χ0) is 22.7. The molecule has 0 aliphatic carbocycles. The van der Waals surface area contributed by atoms with Gasteiger partial charge in [0.05, 0.1) is 13.2 Å². The van der Waals surface area contributed by atoms with Crippen LogP contribution in [-0.4, -0.2) is 48.3 Å². The zero-order valence-electron chi connectivity index (χ0n) is 19.1. The average Bonchev–Trinajstić information content (AvgIpc) is 3.05. The largest absolute Gasteiger partial charge is 0.496 e. The molecule has 0 N–H and O–H groups in total. The van der Waals surface area contributed by atoms with E-state index in [2.05, 4.69) is 4.57 Å². The molecule has 1 atom stereocenters. The van der Waals surface area contributed by atoms with Crippen molar-refractivity contribution in [2.24, 2.45) is 0 Å². The van der Waals surface area contributed by atoms with E-state index in [4.69, 9.17) is 4.74 Å². The Hall–Kier alpha value is -3.18. The number of aromatic nitrogens is 1. The molecule has 162 valence electrons. The van der Waals surface area contributed by atoms with E-state index in [9.17, 15) is 9.59 Å². The van der Waals surface area contributed by atoms with Gasteiger partial charge in [0.1, 0.15) is 5.75 Å². The van der Waals surface area contributed by atoms with Crippen LogP contribution in [0.2, 0.25) is 0 Å². The van der Waals surface area contributed by atoms with Crippen molar-refractivity contribution in [2.45, 2.75) is 33.2 Å². The highest BCUT2D eigenvalue weighted by atomic mass is 16.5. The van der Waals surface area contributed by atoms with Gasteiger partial charge in [0.15, 0.2) is 11.6 Å². The van der Waals surface area contributed by atoms with E-state index in [0.717, 1.165) is 22.6 Å². The molecular weight excluding hydrogens is 388 g/mol. The highest BCUT2D eigenvalue weighted by Crippen LogP contribution is 2.27. The minimum Gasteiger partial charge on any atom is -0.496 e. The number of carbonyl (C=O) groups is 2. The number of hydrogen-bond donors (Lipinski definition) is 0. The van der Waals surface area contributed by atoms with Gasteiger partial charge in [-0.25, -0.2) is 0 Å². The van der Waals surface area contributed by atoms with Crippen LogP contribution in [0.1, 0.15) is 44.6 Å². The number of aryl methyl sites for hydroxylation is 1. The minimum absolute atomic E-state index is 0.0111. The highest BCUT2D eigenvalue weighted by molar-refractivity contribution is 6.02. The maximum Gasteiger partial charge on any atom is 0.182 e.